The minimum absolute atomic E-state index is 0.138. The minimum Gasteiger partial charge on any atom is -0.391 e. The summed E-state index contributed by atoms with van der Waals surface area (Å²) in [4.78, 5) is 16.6. The van der Waals surface area contributed by atoms with E-state index in [2.05, 4.69) is 5.16 Å². The van der Waals surface area contributed by atoms with Gasteiger partial charge >= 0.3 is 0 Å². The predicted octanol–water partition coefficient (Wildman–Crippen LogP) is 2.70. The van der Waals surface area contributed by atoms with Gasteiger partial charge in [0, 0.05) is 6.42 Å². The second-order valence-electron chi connectivity index (χ2n) is 3.93. The molecule has 1 aromatic carbocycles. The summed E-state index contributed by atoms with van der Waals surface area (Å²) in [6, 6.07) is 9.82. The van der Waals surface area contributed by atoms with Crippen molar-refractivity contribution in [2.45, 2.75) is 32.3 Å². The molecule has 3 nitrogen and oxygen atoms in total. The highest BCUT2D eigenvalue weighted by atomic mass is 16.6. The molecule has 0 heterocycles. The Bertz CT molecular complexity index is 384. The molecule has 1 fully saturated rings. The van der Waals surface area contributed by atoms with Gasteiger partial charge in [-0.1, -0.05) is 35.5 Å². The Morgan fingerprint density at radius 1 is 1.12 bits per heavy atom. The molecule has 0 amide bonds. The molecule has 0 spiro atoms. The topological polar surface area (TPSA) is 38.7 Å². The van der Waals surface area contributed by atoms with Gasteiger partial charge in [-0.15, -0.1) is 0 Å². The summed E-state index contributed by atoms with van der Waals surface area (Å²) >= 11 is 0. The molecule has 0 aromatic heterocycles. The molecule has 0 radical (unpaired) electrons. The third-order valence-electron chi connectivity index (χ3n) is 2.64. The first-order chi connectivity index (χ1) is 7.86. The van der Waals surface area contributed by atoms with Crippen LogP contribution in [-0.2, 0) is 16.2 Å². The van der Waals surface area contributed by atoms with Crippen molar-refractivity contribution in [3.63, 3.8) is 0 Å². The highest BCUT2D eigenvalue weighted by molar-refractivity contribution is 6.40. The van der Waals surface area contributed by atoms with E-state index in [1.54, 1.807) is 0 Å². The van der Waals surface area contributed by atoms with Gasteiger partial charge in [0.05, 0.1) is 0 Å². The first kappa shape index (κ1) is 10.9. The average molecular weight is 217 g/mol. The van der Waals surface area contributed by atoms with Crippen LogP contribution in [0.3, 0.4) is 0 Å². The Morgan fingerprint density at radius 3 is 2.62 bits per heavy atom. The number of Topliss-reactive ketones (excluding diaryl/α,β-unsaturated/α-hetero) is 1. The van der Waals surface area contributed by atoms with Crippen LogP contribution in [0.15, 0.2) is 35.5 Å². The van der Waals surface area contributed by atoms with Crippen LogP contribution >= 0.6 is 0 Å². The van der Waals surface area contributed by atoms with Crippen molar-refractivity contribution in [2.75, 3.05) is 0 Å². The largest absolute Gasteiger partial charge is 0.391 e. The summed E-state index contributed by atoms with van der Waals surface area (Å²) in [5.74, 6) is 0.138. The molecule has 0 unspecified atom stereocenters. The van der Waals surface area contributed by atoms with Crippen LogP contribution in [0.2, 0.25) is 0 Å². The summed E-state index contributed by atoms with van der Waals surface area (Å²) in [5, 5.41) is 3.93. The fourth-order valence-electron chi connectivity index (χ4n) is 1.72. The van der Waals surface area contributed by atoms with E-state index in [0.717, 1.165) is 24.8 Å². The van der Waals surface area contributed by atoms with Gasteiger partial charge in [0.25, 0.3) is 0 Å². The van der Waals surface area contributed by atoms with E-state index in [9.17, 15) is 4.79 Å². The van der Waals surface area contributed by atoms with Crippen LogP contribution in [-0.4, -0.2) is 11.5 Å². The summed E-state index contributed by atoms with van der Waals surface area (Å²) in [6.45, 7) is 0.428. The zero-order chi connectivity index (χ0) is 11.2. The standard InChI is InChI=1S/C13H15NO2/c15-13-9-5-4-8-12(13)14-16-10-11-6-2-1-3-7-11/h1-3,6-7H,4-5,8-10H2/b14-12-. The van der Waals surface area contributed by atoms with Gasteiger partial charge in [0.1, 0.15) is 12.3 Å². The number of nitrogens with zero attached hydrogens (tertiary/aromatic N) is 1. The molecule has 0 bridgehead atoms. The summed E-state index contributed by atoms with van der Waals surface area (Å²) in [5.41, 5.74) is 1.66. The zero-order valence-electron chi connectivity index (χ0n) is 9.19. The van der Waals surface area contributed by atoms with E-state index < -0.39 is 0 Å². The monoisotopic (exact) mass is 217 g/mol. The predicted molar refractivity (Wildman–Crippen MR) is 62.1 cm³/mol. The number of hydrogen-bond acceptors (Lipinski definition) is 3. The SMILES string of the molecule is O=C1CCCC/C1=N/OCc1ccccc1. The Hall–Kier alpha value is -1.64. The first-order valence-electron chi connectivity index (χ1n) is 5.62. The molecule has 0 atom stereocenters. The van der Waals surface area contributed by atoms with Gasteiger partial charge in [-0.3, -0.25) is 4.79 Å². The first-order valence-corrected chi connectivity index (χ1v) is 5.62. The van der Waals surface area contributed by atoms with Crippen LogP contribution in [0.4, 0.5) is 0 Å². The maximum absolute atomic E-state index is 11.4. The molecular formula is C13H15NO2. The number of oxime groups is 1. The third-order valence-corrected chi connectivity index (χ3v) is 2.64. The van der Waals surface area contributed by atoms with Crippen molar-refractivity contribution in [1.82, 2.24) is 0 Å². The number of carbonyl (C=O) groups excluding carboxylic acids is 1. The van der Waals surface area contributed by atoms with Gasteiger partial charge in [-0.2, -0.15) is 0 Å². The fraction of sp³-hybridized carbons (Fsp3) is 0.385. The molecule has 0 aliphatic heterocycles. The maximum Gasteiger partial charge on any atom is 0.180 e. The molecule has 1 saturated carbocycles. The fourth-order valence-corrected chi connectivity index (χ4v) is 1.72. The molecule has 1 aliphatic carbocycles. The number of carbonyl (C=O) groups is 1. The summed E-state index contributed by atoms with van der Waals surface area (Å²) < 4.78 is 0. The van der Waals surface area contributed by atoms with Crippen molar-refractivity contribution in [2.24, 2.45) is 5.16 Å². The molecule has 16 heavy (non-hydrogen) atoms. The Morgan fingerprint density at radius 2 is 1.88 bits per heavy atom. The third kappa shape index (κ3) is 2.92. The Balaban J connectivity index is 1.87. The van der Waals surface area contributed by atoms with Crippen molar-refractivity contribution < 1.29 is 9.63 Å². The van der Waals surface area contributed by atoms with E-state index in [1.807, 2.05) is 30.3 Å². The van der Waals surface area contributed by atoms with Gasteiger partial charge < -0.3 is 4.84 Å². The van der Waals surface area contributed by atoms with Gasteiger partial charge in [-0.05, 0) is 24.8 Å². The van der Waals surface area contributed by atoms with Crippen LogP contribution in [0.5, 0.6) is 0 Å². The molecule has 84 valence electrons. The van der Waals surface area contributed by atoms with Crippen LogP contribution in [0.1, 0.15) is 31.2 Å². The minimum atomic E-state index is 0.138. The van der Waals surface area contributed by atoms with Crippen molar-refractivity contribution >= 4 is 11.5 Å². The van der Waals surface area contributed by atoms with E-state index in [-0.39, 0.29) is 5.78 Å². The lowest BCUT2D eigenvalue weighted by Crippen LogP contribution is -2.18. The number of benzene rings is 1. The van der Waals surface area contributed by atoms with E-state index in [0.29, 0.717) is 18.7 Å². The highest BCUT2D eigenvalue weighted by Gasteiger charge is 2.16. The molecular weight excluding hydrogens is 202 g/mol. The molecule has 3 heteroatoms. The maximum atomic E-state index is 11.4. The lowest BCUT2D eigenvalue weighted by Gasteiger charge is -2.10. The number of ketones is 1. The smallest absolute Gasteiger partial charge is 0.180 e. The molecule has 0 saturated heterocycles. The molecule has 2 rings (SSSR count). The van der Waals surface area contributed by atoms with Crippen molar-refractivity contribution in [3.05, 3.63) is 35.9 Å². The normalized spacial score (nSPS) is 18.8. The van der Waals surface area contributed by atoms with Crippen molar-refractivity contribution in [1.29, 1.82) is 0 Å². The van der Waals surface area contributed by atoms with Gasteiger partial charge in [0.2, 0.25) is 0 Å². The molecule has 1 aromatic rings. The highest BCUT2D eigenvalue weighted by Crippen LogP contribution is 2.12. The summed E-state index contributed by atoms with van der Waals surface area (Å²) in [6.07, 6.45) is 3.40. The Kier molecular flexibility index (Phi) is 3.70. The van der Waals surface area contributed by atoms with Gasteiger partial charge in [0.15, 0.2) is 5.78 Å². The number of hydrogen-bond donors (Lipinski definition) is 0. The van der Waals surface area contributed by atoms with Crippen molar-refractivity contribution in [3.8, 4) is 0 Å². The van der Waals surface area contributed by atoms with Crippen LogP contribution in [0, 0.1) is 0 Å². The zero-order valence-corrected chi connectivity index (χ0v) is 9.19. The lowest BCUT2D eigenvalue weighted by atomic mass is 9.97. The van der Waals surface area contributed by atoms with E-state index in [4.69, 9.17) is 4.84 Å². The second-order valence-corrected chi connectivity index (χ2v) is 3.93. The van der Waals surface area contributed by atoms with E-state index in [1.165, 1.54) is 0 Å². The second kappa shape index (κ2) is 5.45. The number of rotatable bonds is 3. The van der Waals surface area contributed by atoms with E-state index >= 15 is 0 Å². The van der Waals surface area contributed by atoms with Gasteiger partial charge in [-0.25, -0.2) is 0 Å². The molecule has 1 aliphatic rings. The quantitative estimate of drug-likeness (QED) is 0.730. The van der Waals surface area contributed by atoms with Crippen LogP contribution < -0.4 is 0 Å². The summed E-state index contributed by atoms with van der Waals surface area (Å²) in [7, 11) is 0. The molecule has 0 N–H and O–H groups in total. The lowest BCUT2D eigenvalue weighted by molar-refractivity contribution is -0.113. The Labute approximate surface area is 95.1 Å². The van der Waals surface area contributed by atoms with Crippen LogP contribution in [0.25, 0.3) is 0 Å². The average Bonchev–Trinajstić information content (AvgIpc) is 2.33.